The van der Waals surface area contributed by atoms with E-state index in [1.165, 1.54) is 12.1 Å². The van der Waals surface area contributed by atoms with Crippen molar-refractivity contribution >= 4 is 11.6 Å². The van der Waals surface area contributed by atoms with Gasteiger partial charge in [0.2, 0.25) is 0 Å². The van der Waals surface area contributed by atoms with Gasteiger partial charge >= 0.3 is 12.1 Å². The second kappa shape index (κ2) is 6.08. The third-order valence-corrected chi connectivity index (χ3v) is 3.45. The molecule has 1 N–H and O–H groups in total. The summed E-state index contributed by atoms with van der Waals surface area (Å²) in [6, 6.07) is 8.52. The normalized spacial score (nSPS) is 11.7. The zero-order chi connectivity index (χ0) is 18.2. The summed E-state index contributed by atoms with van der Waals surface area (Å²) in [6.45, 7) is 1.61. The monoisotopic (exact) mass is 351 g/mol. The molecule has 0 unspecified atom stereocenters. The average molecular weight is 351 g/mol. The fraction of sp³-hybridized carbons (Fsp3) is 0.188. The number of carbonyl (C=O) groups is 1. The molecule has 0 saturated carbocycles. The molecule has 2 aromatic heterocycles. The van der Waals surface area contributed by atoms with Gasteiger partial charge in [-0.05, 0) is 12.5 Å². The van der Waals surface area contributed by atoms with Crippen molar-refractivity contribution in [1.82, 2.24) is 14.6 Å². The molecule has 9 heteroatoms. The molecular formula is C16H12F3N3O3. The van der Waals surface area contributed by atoms with E-state index in [9.17, 15) is 22.8 Å². The highest BCUT2D eigenvalue weighted by atomic mass is 19.4. The minimum Gasteiger partial charge on any atom is -0.461 e. The first-order valence-corrected chi connectivity index (χ1v) is 7.28. The Morgan fingerprint density at radius 1 is 1.28 bits per heavy atom. The maximum Gasteiger partial charge on any atom is 0.433 e. The Labute approximate surface area is 138 Å². The second-order valence-electron chi connectivity index (χ2n) is 5.08. The Morgan fingerprint density at radius 2 is 1.96 bits per heavy atom. The number of nitrogens with zero attached hydrogens (tertiary/aromatic N) is 2. The molecule has 3 aromatic rings. The molecule has 6 nitrogen and oxygen atoms in total. The summed E-state index contributed by atoms with van der Waals surface area (Å²) in [5.41, 5.74) is -2.71. The summed E-state index contributed by atoms with van der Waals surface area (Å²) in [5.74, 6) is -0.879. The van der Waals surface area contributed by atoms with Gasteiger partial charge in [-0.15, -0.1) is 0 Å². The number of esters is 1. The number of H-pyrrole nitrogens is 1. The van der Waals surface area contributed by atoms with Gasteiger partial charge in [-0.25, -0.2) is 14.3 Å². The van der Waals surface area contributed by atoms with E-state index in [4.69, 9.17) is 4.74 Å². The van der Waals surface area contributed by atoms with E-state index in [2.05, 4.69) is 4.98 Å². The molecule has 0 aliphatic heterocycles. The predicted octanol–water partition coefficient (Wildman–Crippen LogP) is 2.89. The van der Waals surface area contributed by atoms with Crippen LogP contribution in [-0.2, 0) is 10.9 Å². The summed E-state index contributed by atoms with van der Waals surface area (Å²) in [5, 5.41) is 2.03. The van der Waals surface area contributed by atoms with Gasteiger partial charge in [0.15, 0.2) is 11.3 Å². The number of ether oxygens (including phenoxy) is 1. The number of hydrogen-bond donors (Lipinski definition) is 1. The van der Waals surface area contributed by atoms with Crippen LogP contribution in [0.25, 0.3) is 16.8 Å². The van der Waals surface area contributed by atoms with Crippen LogP contribution in [0.3, 0.4) is 0 Å². The molecule has 1 aromatic carbocycles. The third kappa shape index (κ3) is 3.00. The first-order chi connectivity index (χ1) is 11.8. The molecule has 3 rings (SSSR count). The smallest absolute Gasteiger partial charge is 0.433 e. The highest BCUT2D eigenvalue weighted by Gasteiger charge is 2.38. The molecule has 0 amide bonds. The van der Waals surface area contributed by atoms with Gasteiger partial charge in [0.1, 0.15) is 5.69 Å². The molecule has 0 atom stereocenters. The predicted molar refractivity (Wildman–Crippen MR) is 82.2 cm³/mol. The van der Waals surface area contributed by atoms with E-state index in [1.54, 1.807) is 25.1 Å². The Morgan fingerprint density at radius 3 is 2.56 bits per heavy atom. The molecule has 25 heavy (non-hydrogen) atoms. The summed E-state index contributed by atoms with van der Waals surface area (Å²) >= 11 is 0. The lowest BCUT2D eigenvalue weighted by molar-refractivity contribution is -0.140. The molecule has 0 spiro atoms. The lowest BCUT2D eigenvalue weighted by Gasteiger charge is -2.07. The van der Waals surface area contributed by atoms with Crippen molar-refractivity contribution in [3.05, 3.63) is 58.1 Å². The molecule has 0 aliphatic carbocycles. The number of benzene rings is 1. The van der Waals surface area contributed by atoms with Crippen molar-refractivity contribution in [2.24, 2.45) is 0 Å². The van der Waals surface area contributed by atoms with E-state index in [0.717, 1.165) is 6.07 Å². The summed E-state index contributed by atoms with van der Waals surface area (Å²) in [6.07, 6.45) is -4.74. The zero-order valence-electron chi connectivity index (χ0n) is 12.9. The highest BCUT2D eigenvalue weighted by molar-refractivity contribution is 5.89. The van der Waals surface area contributed by atoms with Gasteiger partial charge in [-0.1, -0.05) is 30.3 Å². The fourth-order valence-electron chi connectivity index (χ4n) is 2.43. The first-order valence-electron chi connectivity index (χ1n) is 7.28. The third-order valence-electron chi connectivity index (χ3n) is 3.45. The quantitative estimate of drug-likeness (QED) is 0.736. The summed E-state index contributed by atoms with van der Waals surface area (Å²) in [7, 11) is 0. The topological polar surface area (TPSA) is 76.5 Å². The molecule has 0 bridgehead atoms. The van der Waals surface area contributed by atoms with Gasteiger partial charge < -0.3 is 4.74 Å². The van der Waals surface area contributed by atoms with E-state index < -0.39 is 23.4 Å². The Hall–Kier alpha value is -3.10. The lowest BCUT2D eigenvalue weighted by atomic mass is 10.1. The Bertz CT molecular complexity index is 991. The molecule has 0 radical (unpaired) electrons. The number of hydrogen-bond acceptors (Lipinski definition) is 4. The van der Waals surface area contributed by atoms with Crippen molar-refractivity contribution in [2.75, 3.05) is 6.61 Å². The zero-order valence-corrected chi connectivity index (χ0v) is 12.9. The van der Waals surface area contributed by atoms with Crippen LogP contribution in [0.1, 0.15) is 23.1 Å². The number of nitrogens with one attached hydrogen (secondary N) is 1. The van der Waals surface area contributed by atoms with Crippen LogP contribution in [0.2, 0.25) is 0 Å². The standard InChI is InChI=1S/C16H12F3N3O3/c1-2-25-15(24)10-8-11(23)22-14(20-10)12(9-6-4-3-5-7-9)13(21-22)16(17,18)19/h3-8,21H,2H2,1H3. The number of rotatable bonds is 3. The minimum atomic E-state index is -4.74. The molecule has 2 heterocycles. The van der Waals surface area contributed by atoms with Gasteiger partial charge in [0.25, 0.3) is 5.56 Å². The van der Waals surface area contributed by atoms with Gasteiger partial charge in [0.05, 0.1) is 12.2 Å². The van der Waals surface area contributed by atoms with Crippen molar-refractivity contribution in [2.45, 2.75) is 13.1 Å². The van der Waals surface area contributed by atoms with Gasteiger partial charge in [0, 0.05) is 6.07 Å². The fourth-order valence-corrected chi connectivity index (χ4v) is 2.43. The first kappa shape index (κ1) is 16.7. The van der Waals surface area contributed by atoms with Crippen molar-refractivity contribution in [1.29, 1.82) is 0 Å². The SMILES string of the molecule is CCOC(=O)c1cc(=O)n2[nH]c(C(F)(F)F)c(-c3ccccc3)c2n1. The minimum absolute atomic E-state index is 0.0480. The van der Waals surface area contributed by atoms with Crippen LogP contribution in [-0.4, -0.2) is 27.2 Å². The average Bonchev–Trinajstić information content (AvgIpc) is 2.96. The maximum absolute atomic E-state index is 13.4. The Balaban J connectivity index is 2.37. The molecule has 0 aliphatic rings. The van der Waals surface area contributed by atoms with E-state index >= 15 is 0 Å². The molecule has 0 fully saturated rings. The molecule has 130 valence electrons. The van der Waals surface area contributed by atoms with Gasteiger partial charge in [-0.3, -0.25) is 9.89 Å². The maximum atomic E-state index is 13.4. The number of aromatic amines is 1. The van der Waals surface area contributed by atoms with Crippen LogP contribution in [0.4, 0.5) is 13.2 Å². The molecular weight excluding hydrogens is 339 g/mol. The summed E-state index contributed by atoms with van der Waals surface area (Å²) in [4.78, 5) is 27.9. The van der Waals surface area contributed by atoms with E-state index in [-0.39, 0.29) is 29.1 Å². The second-order valence-corrected chi connectivity index (χ2v) is 5.08. The number of fused-ring (bicyclic) bond motifs is 1. The Kier molecular flexibility index (Phi) is 4.07. The van der Waals surface area contributed by atoms with Crippen LogP contribution in [0.15, 0.2) is 41.2 Å². The van der Waals surface area contributed by atoms with Crippen molar-refractivity contribution in [3.63, 3.8) is 0 Å². The van der Waals surface area contributed by atoms with Crippen LogP contribution in [0.5, 0.6) is 0 Å². The van der Waals surface area contributed by atoms with E-state index in [1.807, 2.05) is 5.10 Å². The largest absolute Gasteiger partial charge is 0.461 e. The van der Waals surface area contributed by atoms with Crippen LogP contribution < -0.4 is 5.56 Å². The highest BCUT2D eigenvalue weighted by Crippen LogP contribution is 2.37. The number of alkyl halides is 3. The van der Waals surface area contributed by atoms with Crippen LogP contribution >= 0.6 is 0 Å². The lowest BCUT2D eigenvalue weighted by Crippen LogP contribution is -2.19. The molecule has 0 saturated heterocycles. The van der Waals surface area contributed by atoms with Crippen LogP contribution in [0, 0.1) is 0 Å². The van der Waals surface area contributed by atoms with Crippen molar-refractivity contribution in [3.8, 4) is 11.1 Å². The number of aromatic nitrogens is 3. The summed E-state index contributed by atoms with van der Waals surface area (Å²) < 4.78 is 45.7. The van der Waals surface area contributed by atoms with E-state index in [0.29, 0.717) is 4.52 Å². The number of halogens is 3. The van der Waals surface area contributed by atoms with Gasteiger partial charge in [-0.2, -0.15) is 13.2 Å². The van der Waals surface area contributed by atoms with Crippen molar-refractivity contribution < 1.29 is 22.7 Å². The number of carbonyl (C=O) groups excluding carboxylic acids is 1.